The van der Waals surface area contributed by atoms with Gasteiger partial charge in [0.25, 0.3) is 0 Å². The van der Waals surface area contributed by atoms with Gasteiger partial charge in [0, 0.05) is 24.2 Å². The number of hydrogen-bond acceptors (Lipinski definition) is 8. The maximum absolute atomic E-state index is 12.7. The van der Waals surface area contributed by atoms with Crippen molar-refractivity contribution in [1.29, 1.82) is 0 Å². The van der Waals surface area contributed by atoms with Crippen molar-refractivity contribution < 1.29 is 19.0 Å². The molecule has 39 heavy (non-hydrogen) atoms. The van der Waals surface area contributed by atoms with Crippen molar-refractivity contribution in [2.75, 3.05) is 32.4 Å². The van der Waals surface area contributed by atoms with Crippen LogP contribution in [0.2, 0.25) is 0 Å². The summed E-state index contributed by atoms with van der Waals surface area (Å²) in [6, 6.07) is 25.1. The van der Waals surface area contributed by atoms with Crippen molar-refractivity contribution in [3.05, 3.63) is 95.6 Å². The maximum atomic E-state index is 12.7. The fourth-order valence-electron chi connectivity index (χ4n) is 4.39. The fourth-order valence-corrected chi connectivity index (χ4v) is 5.23. The second kappa shape index (κ2) is 11.4. The number of ether oxygens (including phenoxy) is 3. The predicted octanol–water partition coefficient (Wildman–Crippen LogP) is 6.61. The molecule has 0 spiro atoms. The number of aromatic nitrogens is 1. The Bertz CT molecular complexity index is 1600. The standard InChI is InChI=1S/C31H29N3O4S/c1-36-27-16-23(17-28(37-2)30(27)38-3)21-12-13-29-25(14-21)34-31(39-29)33-18-19-8-10-20(11-9-19)26(35)15-22-6-4-5-7-24(22)32/h4-14,16-17H,15,18,32H2,1-3H3,(H,33,34). The van der Waals surface area contributed by atoms with Gasteiger partial charge in [-0.2, -0.15) is 0 Å². The summed E-state index contributed by atoms with van der Waals surface area (Å²) in [4.78, 5) is 17.5. The molecule has 8 heteroatoms. The van der Waals surface area contributed by atoms with E-state index in [2.05, 4.69) is 23.5 Å². The van der Waals surface area contributed by atoms with Crippen LogP contribution in [0, 0.1) is 0 Å². The lowest BCUT2D eigenvalue weighted by Gasteiger charge is -2.14. The highest BCUT2D eigenvalue weighted by molar-refractivity contribution is 7.22. The number of carbonyl (C=O) groups excluding carboxylic acids is 1. The fraction of sp³-hybridized carbons (Fsp3) is 0.161. The van der Waals surface area contributed by atoms with Gasteiger partial charge in [-0.25, -0.2) is 4.98 Å². The monoisotopic (exact) mass is 539 g/mol. The number of rotatable bonds is 10. The molecule has 0 atom stereocenters. The minimum Gasteiger partial charge on any atom is -0.493 e. The van der Waals surface area contributed by atoms with Crippen molar-refractivity contribution >= 4 is 38.2 Å². The Morgan fingerprint density at radius 2 is 1.59 bits per heavy atom. The number of fused-ring (bicyclic) bond motifs is 1. The number of anilines is 2. The molecule has 0 radical (unpaired) electrons. The van der Waals surface area contributed by atoms with E-state index in [0.29, 0.717) is 35.0 Å². The summed E-state index contributed by atoms with van der Waals surface area (Å²) in [6.07, 6.45) is 0.286. The van der Waals surface area contributed by atoms with Gasteiger partial charge in [-0.1, -0.05) is 59.9 Å². The molecule has 0 amide bonds. The molecule has 0 fully saturated rings. The van der Waals surface area contributed by atoms with Crippen LogP contribution in [-0.2, 0) is 13.0 Å². The molecule has 198 valence electrons. The van der Waals surface area contributed by atoms with Crippen LogP contribution in [-0.4, -0.2) is 32.1 Å². The third-order valence-electron chi connectivity index (χ3n) is 6.51. The van der Waals surface area contributed by atoms with Crippen molar-refractivity contribution in [2.24, 2.45) is 0 Å². The second-order valence-electron chi connectivity index (χ2n) is 8.96. The van der Waals surface area contributed by atoms with Crippen molar-refractivity contribution in [2.45, 2.75) is 13.0 Å². The molecule has 5 aromatic rings. The van der Waals surface area contributed by atoms with Gasteiger partial charge in [-0.3, -0.25) is 4.79 Å². The highest BCUT2D eigenvalue weighted by atomic mass is 32.1. The SMILES string of the molecule is COc1cc(-c2ccc3sc(NCc4ccc(C(=O)Cc5ccccc5N)cc4)nc3c2)cc(OC)c1OC. The van der Waals surface area contributed by atoms with E-state index < -0.39 is 0 Å². The average molecular weight is 540 g/mol. The molecule has 5 rings (SSSR count). The molecule has 0 bridgehead atoms. The molecule has 0 unspecified atom stereocenters. The average Bonchev–Trinajstić information content (AvgIpc) is 3.39. The number of carbonyl (C=O) groups is 1. The zero-order chi connectivity index (χ0) is 27.4. The van der Waals surface area contributed by atoms with Gasteiger partial charge in [-0.15, -0.1) is 0 Å². The summed E-state index contributed by atoms with van der Waals surface area (Å²) in [5.74, 6) is 1.80. The first-order valence-electron chi connectivity index (χ1n) is 12.4. The number of benzene rings is 4. The Labute approximate surface area is 231 Å². The molecule has 0 saturated heterocycles. The van der Waals surface area contributed by atoms with Crippen LogP contribution in [0.4, 0.5) is 10.8 Å². The Hall–Kier alpha value is -4.56. The second-order valence-corrected chi connectivity index (χ2v) is 10.00. The Morgan fingerprint density at radius 3 is 2.26 bits per heavy atom. The first-order chi connectivity index (χ1) is 19.0. The van der Waals surface area contributed by atoms with Crippen LogP contribution in [0.3, 0.4) is 0 Å². The van der Waals surface area contributed by atoms with E-state index in [1.807, 2.05) is 60.7 Å². The van der Waals surface area contributed by atoms with Gasteiger partial charge in [0.15, 0.2) is 22.4 Å². The number of para-hydroxylation sites is 1. The van der Waals surface area contributed by atoms with E-state index in [1.165, 1.54) is 0 Å². The minimum absolute atomic E-state index is 0.0430. The number of nitrogens with one attached hydrogen (secondary N) is 1. The number of thiazole rings is 1. The predicted molar refractivity (Wildman–Crippen MR) is 157 cm³/mol. The number of Topliss-reactive ketones (excluding diaryl/α,β-unsaturated/α-hetero) is 1. The summed E-state index contributed by atoms with van der Waals surface area (Å²) in [5.41, 5.74) is 12.0. The summed E-state index contributed by atoms with van der Waals surface area (Å²) >= 11 is 1.59. The smallest absolute Gasteiger partial charge is 0.203 e. The van der Waals surface area contributed by atoms with Crippen molar-refractivity contribution in [3.63, 3.8) is 0 Å². The highest BCUT2D eigenvalue weighted by Gasteiger charge is 2.15. The maximum Gasteiger partial charge on any atom is 0.203 e. The summed E-state index contributed by atoms with van der Waals surface area (Å²) < 4.78 is 17.5. The van der Waals surface area contributed by atoms with Crippen LogP contribution < -0.4 is 25.3 Å². The number of nitrogens with two attached hydrogens (primary N) is 1. The van der Waals surface area contributed by atoms with Crippen molar-refractivity contribution in [3.8, 4) is 28.4 Å². The van der Waals surface area contributed by atoms with Crippen LogP contribution in [0.25, 0.3) is 21.3 Å². The van der Waals surface area contributed by atoms with Crippen LogP contribution >= 0.6 is 11.3 Å². The summed E-state index contributed by atoms with van der Waals surface area (Å²) in [7, 11) is 4.80. The Balaban J connectivity index is 1.27. The van der Waals surface area contributed by atoms with E-state index in [9.17, 15) is 4.79 Å². The van der Waals surface area contributed by atoms with Crippen molar-refractivity contribution in [1.82, 2.24) is 4.98 Å². The lowest BCUT2D eigenvalue weighted by atomic mass is 10.0. The zero-order valence-corrected chi connectivity index (χ0v) is 22.8. The Morgan fingerprint density at radius 1 is 0.872 bits per heavy atom. The van der Waals surface area contributed by atoms with Crippen LogP contribution in [0.1, 0.15) is 21.5 Å². The number of nitrogen functional groups attached to an aromatic ring is 1. The molecule has 0 saturated carbocycles. The van der Waals surface area contributed by atoms with E-state index >= 15 is 0 Å². The van der Waals surface area contributed by atoms with Gasteiger partial charge in [0.05, 0.1) is 31.5 Å². The third kappa shape index (κ3) is 5.66. The van der Waals surface area contributed by atoms with Gasteiger partial charge in [0.1, 0.15) is 0 Å². The molecule has 4 aromatic carbocycles. The van der Waals surface area contributed by atoms with E-state index in [-0.39, 0.29) is 12.2 Å². The molecule has 1 aromatic heterocycles. The number of hydrogen-bond donors (Lipinski definition) is 2. The number of ketones is 1. The molecular weight excluding hydrogens is 510 g/mol. The van der Waals surface area contributed by atoms with E-state index in [4.69, 9.17) is 24.9 Å². The van der Waals surface area contributed by atoms with Crippen LogP contribution in [0.15, 0.2) is 78.9 Å². The first-order valence-corrected chi connectivity index (χ1v) is 13.2. The Kier molecular flexibility index (Phi) is 7.65. The highest BCUT2D eigenvalue weighted by Crippen LogP contribution is 2.42. The van der Waals surface area contributed by atoms with Gasteiger partial charge < -0.3 is 25.3 Å². The van der Waals surface area contributed by atoms with E-state index in [0.717, 1.165) is 37.6 Å². The zero-order valence-electron chi connectivity index (χ0n) is 22.0. The summed E-state index contributed by atoms with van der Waals surface area (Å²) in [6.45, 7) is 0.597. The topological polar surface area (TPSA) is 95.7 Å². The molecule has 7 nitrogen and oxygen atoms in total. The minimum atomic E-state index is 0.0430. The van der Waals surface area contributed by atoms with Crippen LogP contribution in [0.5, 0.6) is 17.2 Å². The molecule has 0 aliphatic rings. The van der Waals surface area contributed by atoms with Gasteiger partial charge in [-0.05, 0) is 52.6 Å². The third-order valence-corrected chi connectivity index (χ3v) is 7.51. The molecule has 1 heterocycles. The lowest BCUT2D eigenvalue weighted by Crippen LogP contribution is -2.06. The quantitative estimate of drug-likeness (QED) is 0.152. The summed E-state index contributed by atoms with van der Waals surface area (Å²) in [5, 5.41) is 4.23. The molecule has 3 N–H and O–H groups in total. The van der Waals surface area contributed by atoms with Gasteiger partial charge >= 0.3 is 0 Å². The molecule has 0 aliphatic carbocycles. The van der Waals surface area contributed by atoms with Gasteiger partial charge in [0.2, 0.25) is 5.75 Å². The number of nitrogens with zero attached hydrogens (tertiary/aromatic N) is 1. The normalized spacial score (nSPS) is 10.8. The molecule has 0 aliphatic heterocycles. The van der Waals surface area contributed by atoms with E-state index in [1.54, 1.807) is 32.7 Å². The number of methoxy groups -OCH3 is 3. The molecular formula is C31H29N3O4S. The largest absolute Gasteiger partial charge is 0.493 e. The lowest BCUT2D eigenvalue weighted by molar-refractivity contribution is 0.0993. The first kappa shape index (κ1) is 26.1.